The first-order chi connectivity index (χ1) is 8.74. The summed E-state index contributed by atoms with van der Waals surface area (Å²) in [6, 6.07) is 8.91. The second-order valence-electron chi connectivity index (χ2n) is 4.58. The van der Waals surface area contributed by atoms with Crippen molar-refractivity contribution in [1.29, 1.82) is 5.26 Å². The van der Waals surface area contributed by atoms with E-state index in [0.29, 0.717) is 22.9 Å². The Labute approximate surface area is 112 Å². The van der Waals surface area contributed by atoms with Gasteiger partial charge in [0.25, 0.3) is 5.91 Å². The number of alkyl halides is 1. The molecule has 0 N–H and O–H groups in total. The Bertz CT molecular complexity index is 473. The van der Waals surface area contributed by atoms with Crippen molar-refractivity contribution in [3.8, 4) is 6.07 Å². The van der Waals surface area contributed by atoms with Crippen LogP contribution in [0.25, 0.3) is 0 Å². The summed E-state index contributed by atoms with van der Waals surface area (Å²) >= 11 is 5.82. The number of piperidine rings is 1. The number of nitriles is 1. The van der Waals surface area contributed by atoms with Gasteiger partial charge in [0, 0.05) is 24.5 Å². The summed E-state index contributed by atoms with van der Waals surface area (Å²) in [6.45, 7) is 1.51. The summed E-state index contributed by atoms with van der Waals surface area (Å²) in [7, 11) is 0. The molecule has 2 rings (SSSR count). The van der Waals surface area contributed by atoms with Crippen molar-refractivity contribution in [3.63, 3.8) is 0 Å². The van der Waals surface area contributed by atoms with E-state index in [0.717, 1.165) is 25.9 Å². The van der Waals surface area contributed by atoms with Crippen LogP contribution in [0.2, 0.25) is 0 Å². The van der Waals surface area contributed by atoms with Crippen molar-refractivity contribution >= 4 is 17.5 Å². The standard InChI is InChI=1S/C14H15ClN2O/c15-9-11-4-6-17(7-5-11)14(18)13-3-1-2-12(8-13)10-16/h1-3,8,11H,4-7,9H2. The van der Waals surface area contributed by atoms with E-state index in [2.05, 4.69) is 6.07 Å². The molecule has 0 aromatic heterocycles. The Morgan fingerprint density at radius 3 is 2.78 bits per heavy atom. The summed E-state index contributed by atoms with van der Waals surface area (Å²) < 4.78 is 0. The molecule has 1 aliphatic rings. The minimum atomic E-state index is 0.0140. The van der Waals surface area contributed by atoms with E-state index in [-0.39, 0.29) is 5.91 Å². The molecule has 4 heteroatoms. The molecule has 3 nitrogen and oxygen atoms in total. The van der Waals surface area contributed by atoms with Crippen LogP contribution in [0.1, 0.15) is 28.8 Å². The van der Waals surface area contributed by atoms with Gasteiger partial charge in [-0.1, -0.05) is 6.07 Å². The molecule has 1 fully saturated rings. The number of benzene rings is 1. The van der Waals surface area contributed by atoms with Crippen LogP contribution < -0.4 is 0 Å². The maximum Gasteiger partial charge on any atom is 0.253 e. The lowest BCUT2D eigenvalue weighted by Gasteiger charge is -2.31. The number of hydrogen-bond acceptors (Lipinski definition) is 2. The highest BCUT2D eigenvalue weighted by atomic mass is 35.5. The number of hydrogen-bond donors (Lipinski definition) is 0. The fraction of sp³-hybridized carbons (Fsp3) is 0.429. The quantitative estimate of drug-likeness (QED) is 0.769. The molecule has 0 bridgehead atoms. The molecule has 1 aliphatic heterocycles. The predicted molar refractivity (Wildman–Crippen MR) is 70.5 cm³/mol. The van der Waals surface area contributed by atoms with Crippen molar-refractivity contribution in [3.05, 3.63) is 35.4 Å². The number of nitrogens with zero attached hydrogens (tertiary/aromatic N) is 2. The summed E-state index contributed by atoms with van der Waals surface area (Å²) in [5, 5.41) is 8.83. The summed E-state index contributed by atoms with van der Waals surface area (Å²) in [5.74, 6) is 1.22. The molecule has 0 saturated carbocycles. The van der Waals surface area contributed by atoms with Gasteiger partial charge in [-0.2, -0.15) is 5.26 Å². The van der Waals surface area contributed by atoms with Crippen molar-refractivity contribution in [2.45, 2.75) is 12.8 Å². The second-order valence-corrected chi connectivity index (χ2v) is 4.89. The fourth-order valence-electron chi connectivity index (χ4n) is 2.19. The number of carbonyl (C=O) groups is 1. The van der Waals surface area contributed by atoms with Crippen molar-refractivity contribution < 1.29 is 4.79 Å². The van der Waals surface area contributed by atoms with Crippen LogP contribution >= 0.6 is 11.6 Å². The highest BCUT2D eigenvalue weighted by Crippen LogP contribution is 2.20. The van der Waals surface area contributed by atoms with E-state index in [1.165, 1.54) is 0 Å². The molecule has 0 radical (unpaired) electrons. The van der Waals surface area contributed by atoms with Gasteiger partial charge in [-0.15, -0.1) is 11.6 Å². The van der Waals surface area contributed by atoms with E-state index < -0.39 is 0 Å². The number of carbonyl (C=O) groups excluding carboxylic acids is 1. The van der Waals surface area contributed by atoms with Gasteiger partial charge in [-0.25, -0.2) is 0 Å². The smallest absolute Gasteiger partial charge is 0.253 e. The molecule has 1 amide bonds. The van der Waals surface area contributed by atoms with Gasteiger partial charge in [-0.3, -0.25) is 4.79 Å². The summed E-state index contributed by atoms with van der Waals surface area (Å²) in [6.07, 6.45) is 1.93. The summed E-state index contributed by atoms with van der Waals surface area (Å²) in [4.78, 5) is 14.1. The largest absolute Gasteiger partial charge is 0.339 e. The van der Waals surface area contributed by atoms with Crippen molar-refractivity contribution in [2.24, 2.45) is 5.92 Å². The third kappa shape index (κ3) is 2.83. The Balaban J connectivity index is 2.06. The normalized spacial score (nSPS) is 16.3. The molecule has 1 heterocycles. The second kappa shape index (κ2) is 5.88. The third-order valence-electron chi connectivity index (χ3n) is 3.36. The molecule has 0 aliphatic carbocycles. The maximum absolute atomic E-state index is 12.2. The minimum absolute atomic E-state index is 0.0140. The molecule has 1 aromatic rings. The zero-order chi connectivity index (χ0) is 13.0. The first-order valence-electron chi connectivity index (χ1n) is 6.10. The van der Waals surface area contributed by atoms with Crippen LogP contribution in [-0.2, 0) is 0 Å². The van der Waals surface area contributed by atoms with Gasteiger partial charge in [0.2, 0.25) is 0 Å². The highest BCUT2D eigenvalue weighted by Gasteiger charge is 2.23. The van der Waals surface area contributed by atoms with Crippen LogP contribution in [0, 0.1) is 17.2 Å². The molecule has 0 unspecified atom stereocenters. The Hall–Kier alpha value is -1.53. The number of rotatable bonds is 2. The maximum atomic E-state index is 12.2. The molecular formula is C14H15ClN2O. The monoisotopic (exact) mass is 262 g/mol. The molecule has 1 aromatic carbocycles. The fourth-order valence-corrected chi connectivity index (χ4v) is 2.50. The van der Waals surface area contributed by atoms with Gasteiger partial charge in [0.05, 0.1) is 11.6 Å². The first-order valence-corrected chi connectivity index (χ1v) is 6.63. The van der Waals surface area contributed by atoms with Gasteiger partial charge >= 0.3 is 0 Å². The highest BCUT2D eigenvalue weighted by molar-refractivity contribution is 6.18. The van der Waals surface area contributed by atoms with E-state index in [1.54, 1.807) is 24.3 Å². The van der Waals surface area contributed by atoms with Crippen LogP contribution in [0.15, 0.2) is 24.3 Å². The predicted octanol–water partition coefficient (Wildman–Crippen LogP) is 2.65. The lowest BCUT2D eigenvalue weighted by molar-refractivity contribution is 0.0698. The van der Waals surface area contributed by atoms with E-state index in [4.69, 9.17) is 16.9 Å². The van der Waals surface area contributed by atoms with Gasteiger partial charge < -0.3 is 4.90 Å². The van der Waals surface area contributed by atoms with Crippen LogP contribution in [0.5, 0.6) is 0 Å². The Kier molecular flexibility index (Phi) is 4.22. The molecule has 18 heavy (non-hydrogen) atoms. The Morgan fingerprint density at radius 1 is 1.44 bits per heavy atom. The first kappa shape index (κ1) is 12.9. The molecule has 0 atom stereocenters. The molecule has 0 spiro atoms. The van der Waals surface area contributed by atoms with E-state index in [1.807, 2.05) is 4.90 Å². The van der Waals surface area contributed by atoms with E-state index >= 15 is 0 Å². The zero-order valence-electron chi connectivity index (χ0n) is 10.1. The lowest BCUT2D eigenvalue weighted by atomic mass is 9.98. The molecule has 1 saturated heterocycles. The zero-order valence-corrected chi connectivity index (χ0v) is 10.9. The lowest BCUT2D eigenvalue weighted by Crippen LogP contribution is -2.38. The SMILES string of the molecule is N#Cc1cccc(C(=O)N2CCC(CCl)CC2)c1. The number of halogens is 1. The molecule has 94 valence electrons. The van der Waals surface area contributed by atoms with Crippen molar-refractivity contribution in [1.82, 2.24) is 4.90 Å². The number of likely N-dealkylation sites (tertiary alicyclic amines) is 1. The topological polar surface area (TPSA) is 44.1 Å². The van der Waals surface area contributed by atoms with Crippen LogP contribution in [-0.4, -0.2) is 29.8 Å². The number of amides is 1. The van der Waals surface area contributed by atoms with Crippen LogP contribution in [0.4, 0.5) is 0 Å². The Morgan fingerprint density at radius 2 is 2.17 bits per heavy atom. The third-order valence-corrected chi connectivity index (χ3v) is 3.80. The average molecular weight is 263 g/mol. The van der Waals surface area contributed by atoms with E-state index in [9.17, 15) is 4.79 Å². The van der Waals surface area contributed by atoms with Crippen molar-refractivity contribution in [2.75, 3.05) is 19.0 Å². The molecular weight excluding hydrogens is 248 g/mol. The van der Waals surface area contributed by atoms with Gasteiger partial charge in [0.1, 0.15) is 0 Å². The minimum Gasteiger partial charge on any atom is -0.339 e. The van der Waals surface area contributed by atoms with Crippen LogP contribution in [0.3, 0.4) is 0 Å². The van der Waals surface area contributed by atoms with Gasteiger partial charge in [-0.05, 0) is 37.0 Å². The van der Waals surface area contributed by atoms with Gasteiger partial charge in [0.15, 0.2) is 0 Å². The summed E-state index contributed by atoms with van der Waals surface area (Å²) in [5.41, 5.74) is 1.12. The average Bonchev–Trinajstić information content (AvgIpc) is 2.46.